The van der Waals surface area contributed by atoms with Gasteiger partial charge in [-0.05, 0) is 26.3 Å². The Morgan fingerprint density at radius 2 is 1.85 bits per heavy atom. The van der Waals surface area contributed by atoms with E-state index in [2.05, 4.69) is 11.4 Å². The van der Waals surface area contributed by atoms with Crippen LogP contribution < -0.4 is 5.32 Å². The average Bonchev–Trinajstić information content (AvgIpc) is 2.46. The maximum atomic E-state index is 9.66. The molecular formula is C16H24N2O2. The van der Waals surface area contributed by atoms with Crippen molar-refractivity contribution in [2.24, 2.45) is 0 Å². The smallest absolute Gasteiger partial charge is 0.156 e. The van der Waals surface area contributed by atoms with Crippen LogP contribution in [-0.2, 0) is 15.0 Å². The maximum Gasteiger partial charge on any atom is 0.156 e. The van der Waals surface area contributed by atoms with E-state index in [1.54, 1.807) is 0 Å². The second kappa shape index (κ2) is 8.70. The van der Waals surface area contributed by atoms with Gasteiger partial charge in [0, 0.05) is 12.6 Å². The van der Waals surface area contributed by atoms with Crippen LogP contribution in [-0.4, -0.2) is 32.5 Å². The van der Waals surface area contributed by atoms with Crippen molar-refractivity contribution in [2.75, 3.05) is 26.4 Å². The van der Waals surface area contributed by atoms with Crippen LogP contribution in [0.5, 0.6) is 0 Å². The zero-order chi connectivity index (χ0) is 14.8. The molecule has 1 unspecified atom stereocenters. The molecule has 0 saturated carbocycles. The summed E-state index contributed by atoms with van der Waals surface area (Å²) in [6.45, 7) is 8.01. The number of rotatable bonds is 9. The van der Waals surface area contributed by atoms with Gasteiger partial charge in [-0.3, -0.25) is 5.32 Å². The van der Waals surface area contributed by atoms with E-state index in [9.17, 15) is 5.26 Å². The number of hydrogen-bond donors (Lipinski definition) is 1. The molecule has 4 heteroatoms. The summed E-state index contributed by atoms with van der Waals surface area (Å²) in [4.78, 5) is 0. The van der Waals surface area contributed by atoms with E-state index in [0.29, 0.717) is 26.4 Å². The summed E-state index contributed by atoms with van der Waals surface area (Å²) >= 11 is 0. The van der Waals surface area contributed by atoms with Crippen LogP contribution in [0.4, 0.5) is 0 Å². The first-order chi connectivity index (χ1) is 9.64. The number of nitrogens with zero attached hydrogens (tertiary/aromatic N) is 1. The molecule has 0 radical (unpaired) electrons. The van der Waals surface area contributed by atoms with Crippen molar-refractivity contribution in [2.45, 2.75) is 32.4 Å². The number of ether oxygens (including phenoxy) is 2. The Kier molecular flexibility index (Phi) is 7.24. The van der Waals surface area contributed by atoms with E-state index in [0.717, 1.165) is 5.56 Å². The fraction of sp³-hybridized carbons (Fsp3) is 0.562. The molecule has 0 aromatic heterocycles. The Morgan fingerprint density at radius 3 is 2.40 bits per heavy atom. The molecule has 0 aliphatic carbocycles. The number of hydrogen-bond acceptors (Lipinski definition) is 4. The molecule has 0 fully saturated rings. The summed E-state index contributed by atoms with van der Waals surface area (Å²) in [5.74, 6) is 0. The number of benzene rings is 1. The monoisotopic (exact) mass is 276 g/mol. The van der Waals surface area contributed by atoms with Gasteiger partial charge < -0.3 is 9.47 Å². The van der Waals surface area contributed by atoms with Gasteiger partial charge in [0.05, 0.1) is 25.9 Å². The molecule has 0 bridgehead atoms. The number of nitriles is 1. The van der Waals surface area contributed by atoms with Crippen LogP contribution in [0.2, 0.25) is 0 Å². The third-order valence-corrected chi connectivity index (χ3v) is 2.89. The molecule has 110 valence electrons. The molecule has 0 aliphatic heterocycles. The van der Waals surface area contributed by atoms with E-state index in [1.165, 1.54) is 0 Å². The van der Waals surface area contributed by atoms with Gasteiger partial charge in [0.15, 0.2) is 5.54 Å². The van der Waals surface area contributed by atoms with Gasteiger partial charge in [-0.1, -0.05) is 30.3 Å². The Labute approximate surface area is 121 Å². The first-order valence-corrected chi connectivity index (χ1v) is 7.04. The highest BCUT2D eigenvalue weighted by Crippen LogP contribution is 2.21. The Balaban J connectivity index is 2.76. The fourth-order valence-electron chi connectivity index (χ4n) is 2.04. The zero-order valence-electron chi connectivity index (χ0n) is 12.6. The molecule has 1 N–H and O–H groups in total. The topological polar surface area (TPSA) is 54.3 Å². The molecule has 0 saturated heterocycles. The van der Waals surface area contributed by atoms with Crippen LogP contribution >= 0.6 is 0 Å². The van der Waals surface area contributed by atoms with Crippen molar-refractivity contribution >= 4 is 0 Å². The standard InChI is InChI=1S/C16H24N2O2/c1-4-19-10-11-20-13-16(12-17,18-14(2)3)15-8-6-5-7-9-15/h5-9,14,18H,4,10-11,13H2,1-3H3. The predicted molar refractivity (Wildman–Crippen MR) is 79.3 cm³/mol. The average molecular weight is 276 g/mol. The second-order valence-electron chi connectivity index (χ2n) is 4.93. The molecule has 0 spiro atoms. The molecule has 1 atom stereocenters. The van der Waals surface area contributed by atoms with Crippen LogP contribution in [0.1, 0.15) is 26.3 Å². The SMILES string of the molecule is CCOCCOCC(C#N)(NC(C)C)c1ccccc1. The summed E-state index contributed by atoms with van der Waals surface area (Å²) in [5.41, 5.74) is 0.106. The van der Waals surface area contributed by atoms with Crippen molar-refractivity contribution in [1.82, 2.24) is 5.32 Å². The van der Waals surface area contributed by atoms with Crippen molar-refractivity contribution in [3.8, 4) is 6.07 Å². The lowest BCUT2D eigenvalue weighted by Gasteiger charge is -2.30. The third kappa shape index (κ3) is 4.93. The van der Waals surface area contributed by atoms with E-state index in [4.69, 9.17) is 9.47 Å². The normalized spacial score (nSPS) is 13.9. The van der Waals surface area contributed by atoms with E-state index < -0.39 is 5.54 Å². The molecule has 1 rings (SSSR count). The first kappa shape index (κ1) is 16.6. The lowest BCUT2D eigenvalue weighted by Crippen LogP contribution is -2.48. The maximum absolute atomic E-state index is 9.66. The van der Waals surface area contributed by atoms with Gasteiger partial charge in [-0.25, -0.2) is 0 Å². The minimum absolute atomic E-state index is 0.186. The molecule has 1 aromatic carbocycles. The summed E-state index contributed by atoms with van der Waals surface area (Å²) in [6.07, 6.45) is 0. The van der Waals surface area contributed by atoms with Crippen LogP contribution in [0.15, 0.2) is 30.3 Å². The van der Waals surface area contributed by atoms with Gasteiger partial charge in [0.2, 0.25) is 0 Å². The largest absolute Gasteiger partial charge is 0.379 e. The summed E-state index contributed by atoms with van der Waals surface area (Å²) in [6, 6.07) is 12.3. The molecule has 0 heterocycles. The van der Waals surface area contributed by atoms with Crippen LogP contribution in [0, 0.1) is 11.3 Å². The zero-order valence-corrected chi connectivity index (χ0v) is 12.6. The van der Waals surface area contributed by atoms with E-state index in [-0.39, 0.29) is 6.04 Å². The molecule has 0 aliphatic rings. The molecule has 4 nitrogen and oxygen atoms in total. The summed E-state index contributed by atoms with van der Waals surface area (Å²) in [5, 5.41) is 13.0. The highest BCUT2D eigenvalue weighted by molar-refractivity contribution is 5.31. The lowest BCUT2D eigenvalue weighted by molar-refractivity contribution is 0.0309. The summed E-state index contributed by atoms with van der Waals surface area (Å²) < 4.78 is 10.9. The van der Waals surface area contributed by atoms with Gasteiger partial charge in [0.25, 0.3) is 0 Å². The Hall–Kier alpha value is -1.41. The van der Waals surface area contributed by atoms with Crippen molar-refractivity contribution < 1.29 is 9.47 Å². The third-order valence-electron chi connectivity index (χ3n) is 2.89. The van der Waals surface area contributed by atoms with Gasteiger partial charge in [0.1, 0.15) is 0 Å². The van der Waals surface area contributed by atoms with Crippen molar-refractivity contribution in [3.05, 3.63) is 35.9 Å². The Morgan fingerprint density at radius 1 is 1.20 bits per heavy atom. The van der Waals surface area contributed by atoms with Gasteiger partial charge in [-0.2, -0.15) is 5.26 Å². The van der Waals surface area contributed by atoms with Crippen LogP contribution in [0.3, 0.4) is 0 Å². The van der Waals surface area contributed by atoms with Gasteiger partial charge >= 0.3 is 0 Å². The molecule has 20 heavy (non-hydrogen) atoms. The molecular weight excluding hydrogens is 252 g/mol. The van der Waals surface area contributed by atoms with Crippen molar-refractivity contribution in [3.63, 3.8) is 0 Å². The predicted octanol–water partition coefficient (Wildman–Crippen LogP) is 2.46. The van der Waals surface area contributed by atoms with Gasteiger partial charge in [-0.15, -0.1) is 0 Å². The van der Waals surface area contributed by atoms with Crippen LogP contribution in [0.25, 0.3) is 0 Å². The van der Waals surface area contributed by atoms with Crippen molar-refractivity contribution in [1.29, 1.82) is 5.26 Å². The Bertz CT molecular complexity index is 414. The van der Waals surface area contributed by atoms with E-state index in [1.807, 2.05) is 51.1 Å². The highest BCUT2D eigenvalue weighted by Gasteiger charge is 2.33. The minimum Gasteiger partial charge on any atom is -0.379 e. The quantitative estimate of drug-likeness (QED) is 0.704. The fourth-order valence-corrected chi connectivity index (χ4v) is 2.04. The summed E-state index contributed by atoms with van der Waals surface area (Å²) in [7, 11) is 0. The highest BCUT2D eigenvalue weighted by atomic mass is 16.5. The van der Waals surface area contributed by atoms with E-state index >= 15 is 0 Å². The minimum atomic E-state index is -0.818. The molecule has 0 amide bonds. The first-order valence-electron chi connectivity index (χ1n) is 7.04. The molecule has 1 aromatic rings. The second-order valence-corrected chi connectivity index (χ2v) is 4.93. The lowest BCUT2D eigenvalue weighted by atomic mass is 9.91. The number of nitrogens with one attached hydrogen (secondary N) is 1.